The van der Waals surface area contributed by atoms with Crippen molar-refractivity contribution in [3.05, 3.63) is 52.0 Å². The van der Waals surface area contributed by atoms with Gasteiger partial charge < -0.3 is 5.11 Å². The molecule has 0 aliphatic carbocycles. The number of rotatable bonds is 2. The Labute approximate surface area is 88.8 Å². The van der Waals surface area contributed by atoms with Crippen molar-refractivity contribution in [2.24, 2.45) is 0 Å². The second-order valence-corrected chi connectivity index (χ2v) is 3.91. The Kier molecular flexibility index (Phi) is 2.75. The van der Waals surface area contributed by atoms with Crippen molar-refractivity contribution >= 4 is 11.3 Å². The molecule has 1 unspecified atom stereocenters. The summed E-state index contributed by atoms with van der Waals surface area (Å²) in [4.78, 5) is 3.62. The first-order valence-electron chi connectivity index (χ1n) is 4.22. The van der Waals surface area contributed by atoms with E-state index < -0.39 is 18.0 Å². The topological polar surface area (TPSA) is 33.1 Å². The standard InChI is InChI=1S/C10H7F2NOS/c11-8-4-3-6(10(12)13-8)9(14)7-2-1-5-15-7/h1-5,9,14H. The molecule has 2 aromatic rings. The highest BCUT2D eigenvalue weighted by atomic mass is 32.1. The molecule has 0 saturated carbocycles. The second kappa shape index (κ2) is 4.04. The van der Waals surface area contributed by atoms with Gasteiger partial charge >= 0.3 is 0 Å². The maximum absolute atomic E-state index is 13.2. The van der Waals surface area contributed by atoms with Crippen LogP contribution in [-0.2, 0) is 0 Å². The van der Waals surface area contributed by atoms with Crippen LogP contribution < -0.4 is 0 Å². The molecule has 0 spiro atoms. The van der Waals surface area contributed by atoms with Crippen molar-refractivity contribution in [2.75, 3.05) is 0 Å². The lowest BCUT2D eigenvalue weighted by Gasteiger charge is -2.08. The minimum atomic E-state index is -1.09. The largest absolute Gasteiger partial charge is 0.383 e. The number of halogens is 2. The number of aliphatic hydroxyl groups is 1. The highest BCUT2D eigenvalue weighted by Crippen LogP contribution is 2.26. The number of hydrogen-bond donors (Lipinski definition) is 1. The van der Waals surface area contributed by atoms with Crippen LogP contribution in [0.25, 0.3) is 0 Å². The van der Waals surface area contributed by atoms with E-state index >= 15 is 0 Å². The minimum Gasteiger partial charge on any atom is -0.383 e. The molecule has 0 saturated heterocycles. The van der Waals surface area contributed by atoms with Gasteiger partial charge in [0.15, 0.2) is 0 Å². The molecule has 0 aromatic carbocycles. The minimum absolute atomic E-state index is 0.0150. The Balaban J connectivity index is 2.38. The summed E-state index contributed by atoms with van der Waals surface area (Å²) in [5.74, 6) is -1.87. The zero-order valence-corrected chi connectivity index (χ0v) is 8.34. The summed E-state index contributed by atoms with van der Waals surface area (Å²) in [6, 6.07) is 5.65. The van der Waals surface area contributed by atoms with E-state index in [-0.39, 0.29) is 5.56 Å². The Hall–Kier alpha value is -1.33. The van der Waals surface area contributed by atoms with Crippen molar-refractivity contribution in [2.45, 2.75) is 6.10 Å². The van der Waals surface area contributed by atoms with E-state index in [1.807, 2.05) is 0 Å². The quantitative estimate of drug-likeness (QED) is 0.799. The summed E-state index contributed by atoms with van der Waals surface area (Å²) in [7, 11) is 0. The highest BCUT2D eigenvalue weighted by Gasteiger charge is 2.17. The Morgan fingerprint density at radius 2 is 2.07 bits per heavy atom. The first-order valence-corrected chi connectivity index (χ1v) is 5.10. The van der Waals surface area contributed by atoms with E-state index in [0.29, 0.717) is 4.88 Å². The number of aromatic nitrogens is 1. The van der Waals surface area contributed by atoms with Gasteiger partial charge in [0.1, 0.15) is 6.10 Å². The molecule has 2 aromatic heterocycles. The van der Waals surface area contributed by atoms with Gasteiger partial charge in [-0.1, -0.05) is 6.07 Å². The molecule has 1 atom stereocenters. The van der Waals surface area contributed by atoms with E-state index in [1.165, 1.54) is 17.4 Å². The summed E-state index contributed by atoms with van der Waals surface area (Å²) >= 11 is 1.30. The van der Waals surface area contributed by atoms with Gasteiger partial charge in [-0.15, -0.1) is 11.3 Å². The molecule has 0 fully saturated rings. The number of aliphatic hydroxyl groups excluding tert-OH is 1. The van der Waals surface area contributed by atoms with Gasteiger partial charge in [0, 0.05) is 10.4 Å². The van der Waals surface area contributed by atoms with Crippen LogP contribution in [0.2, 0.25) is 0 Å². The lowest BCUT2D eigenvalue weighted by Crippen LogP contribution is -2.03. The molecular weight excluding hydrogens is 220 g/mol. The molecule has 1 N–H and O–H groups in total. The molecule has 0 amide bonds. The molecule has 0 bridgehead atoms. The third kappa shape index (κ3) is 2.03. The van der Waals surface area contributed by atoms with Crippen LogP contribution in [0.3, 0.4) is 0 Å². The van der Waals surface area contributed by atoms with Gasteiger partial charge in [-0.05, 0) is 23.6 Å². The van der Waals surface area contributed by atoms with Crippen molar-refractivity contribution in [1.82, 2.24) is 4.98 Å². The summed E-state index contributed by atoms with van der Waals surface area (Å²) in [5.41, 5.74) is -0.0150. The predicted octanol–water partition coefficient (Wildman–Crippen LogP) is 2.50. The van der Waals surface area contributed by atoms with Crippen molar-refractivity contribution in [1.29, 1.82) is 0 Å². The van der Waals surface area contributed by atoms with Crippen molar-refractivity contribution < 1.29 is 13.9 Å². The molecule has 2 rings (SSSR count). The smallest absolute Gasteiger partial charge is 0.221 e. The fourth-order valence-corrected chi connectivity index (χ4v) is 1.95. The van der Waals surface area contributed by atoms with E-state index in [9.17, 15) is 13.9 Å². The maximum atomic E-state index is 13.2. The normalized spacial score (nSPS) is 12.7. The van der Waals surface area contributed by atoms with Crippen molar-refractivity contribution in [3.8, 4) is 0 Å². The molecular formula is C10H7F2NOS. The second-order valence-electron chi connectivity index (χ2n) is 2.93. The molecule has 0 aliphatic rings. The average Bonchev–Trinajstić information content (AvgIpc) is 2.69. The molecule has 2 nitrogen and oxygen atoms in total. The maximum Gasteiger partial charge on any atom is 0.221 e. The molecule has 78 valence electrons. The van der Waals surface area contributed by atoms with Gasteiger partial charge in [-0.3, -0.25) is 0 Å². The van der Waals surface area contributed by atoms with Gasteiger partial charge in [0.2, 0.25) is 11.9 Å². The number of hydrogen-bond acceptors (Lipinski definition) is 3. The van der Waals surface area contributed by atoms with Crippen molar-refractivity contribution in [3.63, 3.8) is 0 Å². The third-order valence-electron chi connectivity index (χ3n) is 1.95. The van der Waals surface area contributed by atoms with Gasteiger partial charge in [-0.25, -0.2) is 0 Å². The van der Waals surface area contributed by atoms with E-state index in [0.717, 1.165) is 6.07 Å². The van der Waals surface area contributed by atoms with Crippen LogP contribution in [0.4, 0.5) is 8.78 Å². The zero-order chi connectivity index (χ0) is 10.8. The summed E-state index contributed by atoms with van der Waals surface area (Å²) in [6.07, 6.45) is -1.09. The van der Waals surface area contributed by atoms with Gasteiger partial charge in [0.25, 0.3) is 0 Å². The summed E-state index contributed by atoms with van der Waals surface area (Å²) in [5, 5.41) is 11.5. The van der Waals surface area contributed by atoms with Crippen LogP contribution in [0.5, 0.6) is 0 Å². The highest BCUT2D eigenvalue weighted by molar-refractivity contribution is 7.10. The molecule has 5 heteroatoms. The molecule has 0 aliphatic heterocycles. The van der Waals surface area contributed by atoms with Crippen LogP contribution in [0, 0.1) is 11.9 Å². The van der Waals surface area contributed by atoms with E-state index in [2.05, 4.69) is 4.98 Å². The van der Waals surface area contributed by atoms with Crippen LogP contribution in [0.15, 0.2) is 29.6 Å². The summed E-state index contributed by atoms with van der Waals surface area (Å²) < 4.78 is 25.7. The first kappa shape index (κ1) is 10.2. The molecule has 0 radical (unpaired) electrons. The van der Waals surface area contributed by atoms with Crippen LogP contribution in [0.1, 0.15) is 16.5 Å². The predicted molar refractivity (Wildman–Crippen MR) is 52.5 cm³/mol. The fraction of sp³-hybridized carbons (Fsp3) is 0.100. The number of thiophene rings is 1. The molecule has 2 heterocycles. The first-order chi connectivity index (χ1) is 7.18. The van der Waals surface area contributed by atoms with E-state index in [1.54, 1.807) is 17.5 Å². The van der Waals surface area contributed by atoms with Gasteiger partial charge in [-0.2, -0.15) is 13.8 Å². The fourth-order valence-electron chi connectivity index (χ4n) is 1.23. The third-order valence-corrected chi connectivity index (χ3v) is 2.88. The average molecular weight is 227 g/mol. The Morgan fingerprint density at radius 3 is 2.67 bits per heavy atom. The lowest BCUT2D eigenvalue weighted by molar-refractivity contribution is 0.216. The van der Waals surface area contributed by atoms with Crippen LogP contribution in [-0.4, -0.2) is 10.1 Å². The van der Waals surface area contributed by atoms with Crippen LogP contribution >= 0.6 is 11.3 Å². The Morgan fingerprint density at radius 1 is 1.27 bits per heavy atom. The SMILES string of the molecule is OC(c1cccs1)c1ccc(F)nc1F. The number of pyridine rings is 1. The Bertz CT molecular complexity index is 458. The van der Waals surface area contributed by atoms with E-state index in [4.69, 9.17) is 0 Å². The molecule has 15 heavy (non-hydrogen) atoms. The zero-order valence-electron chi connectivity index (χ0n) is 7.52. The number of nitrogens with zero attached hydrogens (tertiary/aromatic N) is 1. The summed E-state index contributed by atoms with van der Waals surface area (Å²) in [6.45, 7) is 0. The monoisotopic (exact) mass is 227 g/mol. The van der Waals surface area contributed by atoms with Gasteiger partial charge in [0.05, 0.1) is 0 Å². The lowest BCUT2D eigenvalue weighted by atomic mass is 10.1.